The lowest BCUT2D eigenvalue weighted by molar-refractivity contribution is -0.151. The van der Waals surface area contributed by atoms with Crippen LogP contribution in [0.5, 0.6) is 23.0 Å². The smallest absolute Gasteiger partial charge is 0.342 e. The van der Waals surface area contributed by atoms with Gasteiger partial charge >= 0.3 is 17.9 Å². The Kier molecular flexibility index (Phi) is 31.9. The van der Waals surface area contributed by atoms with Gasteiger partial charge in [-0.05, 0) is 134 Å². The molecule has 0 aromatic heterocycles. The minimum absolute atomic E-state index is 0.0167. The van der Waals surface area contributed by atoms with Crippen LogP contribution in [-0.4, -0.2) is 113 Å². The minimum Gasteiger partial charge on any atom is -0.497 e. The molecule has 14 heteroatoms. The Labute approximate surface area is 510 Å². The Morgan fingerprint density at radius 1 is 0.690 bits per heavy atom. The highest BCUT2D eigenvalue weighted by molar-refractivity contribution is 8.34. The number of allylic oxidation sites excluding steroid dienone is 4. The van der Waals surface area contributed by atoms with Crippen molar-refractivity contribution in [2.24, 2.45) is 5.92 Å². The quantitative estimate of drug-likeness (QED) is 0.0194. The van der Waals surface area contributed by atoms with Crippen molar-refractivity contribution in [1.82, 2.24) is 0 Å². The van der Waals surface area contributed by atoms with Crippen LogP contribution in [0.1, 0.15) is 173 Å². The Hall–Kier alpha value is -5.25. The van der Waals surface area contributed by atoms with Gasteiger partial charge in [0.2, 0.25) is 0 Å². The van der Waals surface area contributed by atoms with E-state index in [0.29, 0.717) is 40.2 Å². The molecule has 0 spiro atoms. The fourth-order valence-corrected chi connectivity index (χ4v) is 13.8. The standard InChI is InChI=1S/C63H90O11S2.C4H8.C3H8O/c1-14-16-18-19-20-21-22-23-24-25-28-47(46-55(64)71-44-43-70-42-41-61(3,4)76(12,13)74-62(5,6)75(10,11)45-17-15-2)59(65)72-58-53-30-27-26-29-52(53)57-54(56(58)60(66)69-9)39-40-63(73-57,48-31-35-50(67-7)36-32-48)49-33-37-51(68-8)38-34-49;2*1-3-4-2/h24-27,29-40,47H,14-23,28,41-46H2,1-13H3;3-4H,1-2H3;3H2,1-2H3/b25-24+;4-3-;. The summed E-state index contributed by atoms with van der Waals surface area (Å²) in [6.45, 7) is 21.0. The summed E-state index contributed by atoms with van der Waals surface area (Å²) in [5.41, 5.74) is 0.848. The number of benzene rings is 4. The molecule has 12 nitrogen and oxygen atoms in total. The number of hydrogen-bond acceptors (Lipinski definition) is 12. The molecule has 0 radical (unpaired) electrons. The molecule has 4 aromatic rings. The average Bonchev–Trinajstić information content (AvgIpc) is 1.67. The van der Waals surface area contributed by atoms with Crippen molar-refractivity contribution in [3.05, 3.63) is 125 Å². The number of esters is 3. The lowest BCUT2D eigenvalue weighted by atomic mass is 9.82. The van der Waals surface area contributed by atoms with E-state index in [2.05, 4.69) is 77.4 Å². The third-order valence-corrected chi connectivity index (χ3v) is 23.7. The van der Waals surface area contributed by atoms with Crippen LogP contribution in [0.25, 0.3) is 16.8 Å². The second-order valence-electron chi connectivity index (χ2n) is 23.0. The molecule has 1 atom stereocenters. The summed E-state index contributed by atoms with van der Waals surface area (Å²) in [5, 5.41) is 1.06. The first-order valence-electron chi connectivity index (χ1n) is 30.2. The van der Waals surface area contributed by atoms with E-state index in [0.717, 1.165) is 43.4 Å². The summed E-state index contributed by atoms with van der Waals surface area (Å²) in [5.74, 6) is 0.0945. The van der Waals surface area contributed by atoms with Crippen LogP contribution in [-0.2, 0) is 38.3 Å². The number of hydrogen-bond donors (Lipinski definition) is 0. The third kappa shape index (κ3) is 21.3. The molecule has 0 fully saturated rings. The highest BCUT2D eigenvalue weighted by atomic mass is 32.3. The first-order chi connectivity index (χ1) is 40.0. The lowest BCUT2D eigenvalue weighted by Crippen LogP contribution is -2.39. The molecule has 0 amide bonds. The summed E-state index contributed by atoms with van der Waals surface area (Å²) in [4.78, 5) is 42.2. The molecule has 0 saturated carbocycles. The van der Waals surface area contributed by atoms with Crippen molar-refractivity contribution < 1.29 is 56.5 Å². The van der Waals surface area contributed by atoms with Crippen LogP contribution in [0.15, 0.2) is 103 Å². The molecule has 0 bridgehead atoms. The van der Waals surface area contributed by atoms with E-state index in [1.165, 1.54) is 57.8 Å². The lowest BCUT2D eigenvalue weighted by Gasteiger charge is -2.56. The van der Waals surface area contributed by atoms with E-state index < -0.39 is 49.8 Å². The normalized spacial score (nSPS) is 13.9. The molecule has 5 rings (SSSR count). The van der Waals surface area contributed by atoms with E-state index in [-0.39, 0.29) is 47.0 Å². The Morgan fingerprint density at radius 3 is 1.79 bits per heavy atom. The van der Waals surface area contributed by atoms with Gasteiger partial charge in [-0.15, -0.1) is 10.3 Å². The molecule has 1 aliphatic rings. The van der Waals surface area contributed by atoms with Gasteiger partial charge in [0.05, 0.1) is 40.3 Å². The molecular formula is C70H106O12S2. The molecule has 1 aliphatic heterocycles. The van der Waals surface area contributed by atoms with Crippen molar-refractivity contribution in [2.75, 3.05) is 85.6 Å². The van der Waals surface area contributed by atoms with Crippen LogP contribution in [0.2, 0.25) is 0 Å². The monoisotopic (exact) mass is 1200 g/mol. The number of rotatable bonds is 33. The van der Waals surface area contributed by atoms with Gasteiger partial charge in [0.25, 0.3) is 0 Å². The molecule has 0 saturated heterocycles. The van der Waals surface area contributed by atoms with Gasteiger partial charge in [0.1, 0.15) is 34.4 Å². The second-order valence-corrected chi connectivity index (χ2v) is 31.2. The number of carbonyl (C=O) groups excluding carboxylic acids is 3. The van der Waals surface area contributed by atoms with Crippen molar-refractivity contribution in [3.63, 3.8) is 0 Å². The first kappa shape index (κ1) is 73.0. The van der Waals surface area contributed by atoms with Crippen molar-refractivity contribution in [1.29, 1.82) is 0 Å². The number of fused-ring (bicyclic) bond motifs is 3. The van der Waals surface area contributed by atoms with Crippen molar-refractivity contribution in [2.45, 2.75) is 161 Å². The van der Waals surface area contributed by atoms with Gasteiger partial charge in [0, 0.05) is 52.5 Å². The molecular weight excluding hydrogens is 1100 g/mol. The van der Waals surface area contributed by atoms with Gasteiger partial charge in [-0.1, -0.05) is 145 Å². The average molecular weight is 1200 g/mol. The van der Waals surface area contributed by atoms with Crippen LogP contribution in [0.4, 0.5) is 0 Å². The van der Waals surface area contributed by atoms with Crippen LogP contribution in [0.3, 0.4) is 0 Å². The maximum absolute atomic E-state index is 14.7. The molecule has 0 aliphatic carbocycles. The van der Waals surface area contributed by atoms with Crippen molar-refractivity contribution in [3.8, 4) is 23.0 Å². The highest BCUT2D eigenvalue weighted by Crippen LogP contribution is 2.65. The predicted octanol–water partition coefficient (Wildman–Crippen LogP) is 17.6. The van der Waals surface area contributed by atoms with Gasteiger partial charge in [-0.3, -0.25) is 9.59 Å². The van der Waals surface area contributed by atoms with Gasteiger partial charge in [0.15, 0.2) is 11.4 Å². The third-order valence-electron chi connectivity index (χ3n) is 15.9. The summed E-state index contributed by atoms with van der Waals surface area (Å²) in [7, 11) is 3.72. The van der Waals surface area contributed by atoms with Gasteiger partial charge < -0.3 is 42.1 Å². The molecule has 1 unspecified atom stereocenters. The van der Waals surface area contributed by atoms with Crippen LogP contribution in [0, 0.1) is 5.92 Å². The predicted molar refractivity (Wildman–Crippen MR) is 354 cm³/mol. The summed E-state index contributed by atoms with van der Waals surface area (Å²) in [6, 6.07) is 22.6. The topological polar surface area (TPSA) is 134 Å². The molecule has 470 valence electrons. The SMILES string of the molecule is C/C=C\C.CCCCCCCCC/C=C/CC(CC(=O)OCCOCCC(C)(C)S(C)(C)OC(C)(C)S(C)(C)CCCC)C(=O)Oc1c(C(=O)OC)c2c(c3ccccc13)OC(c1ccc(OC)cc1)(c1ccc(OC)cc1)C=C2.CCOC. The fraction of sp³-hybridized carbons (Fsp3) is 0.557. The van der Waals surface area contributed by atoms with Crippen molar-refractivity contribution >= 4 is 55.1 Å². The van der Waals surface area contributed by atoms with Crippen LogP contribution < -0.4 is 18.9 Å². The van der Waals surface area contributed by atoms with Crippen LogP contribution >= 0.6 is 20.3 Å². The summed E-state index contributed by atoms with van der Waals surface area (Å²) >= 11 is 0. The molecule has 84 heavy (non-hydrogen) atoms. The number of unbranched alkanes of at least 4 members (excludes halogenated alkanes) is 8. The first-order valence-corrected chi connectivity index (χ1v) is 35.2. The zero-order chi connectivity index (χ0) is 62.4. The number of ether oxygens (including phenoxy) is 8. The molecule has 4 aromatic carbocycles. The molecule has 0 N–H and O–H groups in total. The Balaban J connectivity index is 0.00000217. The molecule has 1 heterocycles. The van der Waals surface area contributed by atoms with E-state index >= 15 is 0 Å². The van der Waals surface area contributed by atoms with E-state index in [1.807, 2.05) is 118 Å². The Morgan fingerprint density at radius 2 is 1.25 bits per heavy atom. The zero-order valence-electron chi connectivity index (χ0n) is 54.4. The number of methoxy groups -OCH3 is 4. The van der Waals surface area contributed by atoms with E-state index in [4.69, 9.17) is 37.3 Å². The van der Waals surface area contributed by atoms with Gasteiger partial charge in [-0.25, -0.2) is 14.8 Å². The highest BCUT2D eigenvalue weighted by Gasteiger charge is 2.43. The minimum atomic E-state index is -1.49. The maximum Gasteiger partial charge on any atom is 0.342 e. The maximum atomic E-state index is 14.7. The second kappa shape index (κ2) is 36.7. The summed E-state index contributed by atoms with van der Waals surface area (Å²) in [6.07, 6.45) is 33.4. The Bertz CT molecular complexity index is 2630. The van der Waals surface area contributed by atoms with E-state index in [1.54, 1.807) is 27.4 Å². The fourth-order valence-electron chi connectivity index (χ4n) is 9.27. The zero-order valence-corrected chi connectivity index (χ0v) is 56.0. The van der Waals surface area contributed by atoms with Gasteiger partial charge in [-0.2, -0.15) is 0 Å². The summed E-state index contributed by atoms with van der Waals surface area (Å²) < 4.78 is 53.2. The van der Waals surface area contributed by atoms with E-state index in [9.17, 15) is 14.4 Å². The number of carbonyl (C=O) groups is 3. The largest absolute Gasteiger partial charge is 0.497 e.